The van der Waals surface area contributed by atoms with Crippen molar-refractivity contribution in [1.29, 1.82) is 0 Å². The lowest BCUT2D eigenvalue weighted by Crippen LogP contribution is -2.48. The van der Waals surface area contributed by atoms with Crippen LogP contribution in [0, 0.1) is 12.3 Å². The summed E-state index contributed by atoms with van der Waals surface area (Å²) in [5.74, 6) is 0. The van der Waals surface area contributed by atoms with Crippen LogP contribution in [0.2, 0.25) is 0 Å². The first-order chi connectivity index (χ1) is 12.3. The summed E-state index contributed by atoms with van der Waals surface area (Å²) >= 11 is 0. The van der Waals surface area contributed by atoms with Crippen LogP contribution < -0.4 is 4.72 Å². The maximum absolute atomic E-state index is 12.8. The Balaban J connectivity index is 1.95. The fourth-order valence-corrected chi connectivity index (χ4v) is 4.60. The number of hydrogen-bond donors (Lipinski definition) is 1. The third kappa shape index (κ3) is 3.22. The van der Waals surface area contributed by atoms with E-state index in [2.05, 4.69) is 18.2 Å². The Labute approximate surface area is 156 Å². The molecule has 1 saturated heterocycles. The van der Waals surface area contributed by atoms with Crippen molar-refractivity contribution in [1.82, 2.24) is 4.72 Å². The minimum absolute atomic E-state index is 0.149. The zero-order valence-electron chi connectivity index (χ0n) is 15.2. The zero-order chi connectivity index (χ0) is 18.8. The highest BCUT2D eigenvalue weighted by Gasteiger charge is 2.53. The van der Waals surface area contributed by atoms with Crippen LogP contribution in [0.1, 0.15) is 24.5 Å². The molecular weight excluding hydrogens is 346 g/mol. The number of nitrogens with one attached hydrogen (secondary N) is 1. The molecule has 5 heteroatoms. The summed E-state index contributed by atoms with van der Waals surface area (Å²) in [6.07, 6.45) is 2.67. The molecule has 3 rings (SSSR count). The van der Waals surface area contributed by atoms with Gasteiger partial charge in [-0.15, -0.1) is 6.58 Å². The molecule has 4 nitrogen and oxygen atoms in total. The quantitative estimate of drug-likeness (QED) is 0.786. The SMILES string of the molecule is C=C[C@@]1(C)CCO[C@]1(CNS(=O)(=O)c1ccc(C)cc1)c1ccccc1. The molecule has 1 fully saturated rings. The average Bonchev–Trinajstić information content (AvgIpc) is 2.99. The molecule has 0 spiro atoms. The van der Waals surface area contributed by atoms with Crippen molar-refractivity contribution >= 4 is 10.0 Å². The van der Waals surface area contributed by atoms with Crippen molar-refractivity contribution in [3.05, 3.63) is 78.4 Å². The van der Waals surface area contributed by atoms with Crippen LogP contribution in [0.25, 0.3) is 0 Å². The number of rotatable bonds is 6. The third-order valence-electron chi connectivity index (χ3n) is 5.43. The van der Waals surface area contributed by atoms with Gasteiger partial charge in [0.25, 0.3) is 0 Å². The number of ether oxygens (including phenoxy) is 1. The molecular formula is C21H25NO3S. The van der Waals surface area contributed by atoms with Crippen molar-refractivity contribution in [3.8, 4) is 0 Å². The Morgan fingerprint density at radius 2 is 1.81 bits per heavy atom. The van der Waals surface area contributed by atoms with Gasteiger partial charge in [0, 0.05) is 18.6 Å². The fraction of sp³-hybridized carbons (Fsp3) is 0.333. The summed E-state index contributed by atoms with van der Waals surface area (Å²) in [7, 11) is -3.63. The van der Waals surface area contributed by atoms with Gasteiger partial charge in [-0.05, 0) is 31.0 Å². The minimum Gasteiger partial charge on any atom is -0.368 e. The number of benzene rings is 2. The van der Waals surface area contributed by atoms with E-state index in [1.165, 1.54) is 0 Å². The van der Waals surface area contributed by atoms with Crippen molar-refractivity contribution in [2.75, 3.05) is 13.2 Å². The molecule has 0 aromatic heterocycles. The predicted octanol–water partition coefficient (Wildman–Crippen LogP) is 3.78. The number of hydrogen-bond acceptors (Lipinski definition) is 3. The van der Waals surface area contributed by atoms with E-state index in [1.54, 1.807) is 24.3 Å². The van der Waals surface area contributed by atoms with Gasteiger partial charge in [0.05, 0.1) is 4.90 Å². The summed E-state index contributed by atoms with van der Waals surface area (Å²) in [4.78, 5) is 0.254. The topological polar surface area (TPSA) is 55.4 Å². The van der Waals surface area contributed by atoms with Crippen LogP contribution >= 0.6 is 0 Å². The van der Waals surface area contributed by atoms with Gasteiger partial charge >= 0.3 is 0 Å². The van der Waals surface area contributed by atoms with Gasteiger partial charge in [0.1, 0.15) is 5.60 Å². The van der Waals surface area contributed by atoms with Crippen molar-refractivity contribution < 1.29 is 13.2 Å². The normalized spacial score (nSPS) is 25.9. The maximum Gasteiger partial charge on any atom is 0.240 e. The van der Waals surface area contributed by atoms with Gasteiger partial charge in [-0.25, -0.2) is 13.1 Å². The van der Waals surface area contributed by atoms with Crippen LogP contribution in [0.3, 0.4) is 0 Å². The molecule has 0 amide bonds. The molecule has 26 heavy (non-hydrogen) atoms. The largest absolute Gasteiger partial charge is 0.368 e. The molecule has 1 heterocycles. The molecule has 0 bridgehead atoms. The molecule has 0 unspecified atom stereocenters. The van der Waals surface area contributed by atoms with Crippen LogP contribution in [-0.2, 0) is 20.4 Å². The number of aryl methyl sites for hydroxylation is 1. The molecule has 1 aliphatic heterocycles. The molecule has 0 radical (unpaired) electrons. The molecule has 0 saturated carbocycles. The highest BCUT2D eigenvalue weighted by molar-refractivity contribution is 7.89. The molecule has 1 aliphatic rings. The first-order valence-electron chi connectivity index (χ1n) is 8.72. The van der Waals surface area contributed by atoms with Gasteiger partial charge < -0.3 is 4.74 Å². The maximum atomic E-state index is 12.8. The van der Waals surface area contributed by atoms with E-state index in [0.29, 0.717) is 6.61 Å². The summed E-state index contributed by atoms with van der Waals surface area (Å²) in [5.41, 5.74) is 0.812. The van der Waals surface area contributed by atoms with Gasteiger partial charge in [0.15, 0.2) is 0 Å². The van der Waals surface area contributed by atoms with E-state index in [4.69, 9.17) is 4.74 Å². The first-order valence-corrected chi connectivity index (χ1v) is 10.2. The summed E-state index contributed by atoms with van der Waals surface area (Å²) in [5, 5.41) is 0. The molecule has 2 aromatic carbocycles. The van der Waals surface area contributed by atoms with E-state index in [0.717, 1.165) is 17.5 Å². The van der Waals surface area contributed by atoms with Crippen molar-refractivity contribution in [2.24, 2.45) is 5.41 Å². The van der Waals surface area contributed by atoms with Crippen molar-refractivity contribution in [3.63, 3.8) is 0 Å². The standard InChI is InChI=1S/C21H25NO3S/c1-4-20(3)14-15-25-21(20,18-8-6-5-7-9-18)16-22-26(23,24)19-12-10-17(2)11-13-19/h4-13,22H,1,14-16H2,2-3H3/t20-,21+/m0/s1. The average molecular weight is 372 g/mol. The van der Waals surface area contributed by atoms with E-state index in [-0.39, 0.29) is 16.9 Å². The lowest BCUT2D eigenvalue weighted by atomic mass is 9.69. The van der Waals surface area contributed by atoms with Crippen LogP contribution in [0.5, 0.6) is 0 Å². The third-order valence-corrected chi connectivity index (χ3v) is 6.84. The monoisotopic (exact) mass is 371 g/mol. The first kappa shape index (κ1) is 18.8. The Morgan fingerprint density at radius 1 is 1.15 bits per heavy atom. The van der Waals surface area contributed by atoms with Gasteiger partial charge in [-0.1, -0.05) is 61.0 Å². The summed E-state index contributed by atoms with van der Waals surface area (Å²) in [6.45, 7) is 8.69. The van der Waals surface area contributed by atoms with Crippen molar-refractivity contribution in [2.45, 2.75) is 30.8 Å². The van der Waals surface area contributed by atoms with E-state index < -0.39 is 15.6 Å². The Kier molecular flexibility index (Phi) is 5.06. The van der Waals surface area contributed by atoms with Gasteiger partial charge in [0.2, 0.25) is 10.0 Å². The zero-order valence-corrected chi connectivity index (χ0v) is 16.1. The smallest absolute Gasteiger partial charge is 0.240 e. The number of sulfonamides is 1. The van der Waals surface area contributed by atoms with E-state index in [1.807, 2.05) is 43.3 Å². The molecule has 0 aliphatic carbocycles. The molecule has 2 atom stereocenters. The van der Waals surface area contributed by atoms with Gasteiger partial charge in [-0.2, -0.15) is 0 Å². The van der Waals surface area contributed by atoms with Crippen LogP contribution in [0.15, 0.2) is 72.1 Å². The predicted molar refractivity (Wildman–Crippen MR) is 103 cm³/mol. The second-order valence-electron chi connectivity index (χ2n) is 7.05. The van der Waals surface area contributed by atoms with Crippen LogP contribution in [-0.4, -0.2) is 21.6 Å². The molecule has 1 N–H and O–H groups in total. The second-order valence-corrected chi connectivity index (χ2v) is 8.82. The molecule has 2 aromatic rings. The van der Waals surface area contributed by atoms with Gasteiger partial charge in [-0.3, -0.25) is 0 Å². The highest BCUT2D eigenvalue weighted by Crippen LogP contribution is 2.51. The summed E-state index contributed by atoms with van der Waals surface area (Å²) in [6, 6.07) is 16.6. The lowest BCUT2D eigenvalue weighted by Gasteiger charge is -2.41. The summed E-state index contributed by atoms with van der Waals surface area (Å²) < 4.78 is 34.5. The fourth-order valence-electron chi connectivity index (χ4n) is 3.54. The minimum atomic E-state index is -3.63. The molecule has 138 valence electrons. The Morgan fingerprint density at radius 3 is 2.42 bits per heavy atom. The lowest BCUT2D eigenvalue weighted by molar-refractivity contribution is -0.0410. The van der Waals surface area contributed by atoms with E-state index >= 15 is 0 Å². The Bertz CT molecular complexity index is 877. The van der Waals surface area contributed by atoms with E-state index in [9.17, 15) is 8.42 Å². The second kappa shape index (κ2) is 6.99. The van der Waals surface area contributed by atoms with Crippen LogP contribution in [0.4, 0.5) is 0 Å². The highest BCUT2D eigenvalue weighted by atomic mass is 32.2. The Hall–Kier alpha value is -1.95.